The zero-order chi connectivity index (χ0) is 20.7. The number of carbonyl (C=O) groups excluding carboxylic acids is 1. The van der Waals surface area contributed by atoms with E-state index in [1.54, 1.807) is 41.2 Å². The Balaban J connectivity index is 1.99. The van der Waals surface area contributed by atoms with Crippen LogP contribution in [0.3, 0.4) is 0 Å². The van der Waals surface area contributed by atoms with Crippen LogP contribution < -0.4 is 10.5 Å². The quantitative estimate of drug-likeness (QED) is 0.675. The summed E-state index contributed by atoms with van der Waals surface area (Å²) in [5.41, 5.74) is 1.05. The number of nitrogens with zero attached hydrogens (tertiary/aromatic N) is 2. The van der Waals surface area contributed by atoms with Gasteiger partial charge in [0, 0.05) is 22.3 Å². The predicted molar refractivity (Wildman–Crippen MR) is 110 cm³/mol. The second-order valence-electron chi connectivity index (χ2n) is 7.51. The fourth-order valence-electron chi connectivity index (χ4n) is 2.76. The fraction of sp³-hybridized carbons (Fsp3) is 0.263. The molecule has 0 fully saturated rings. The molecule has 148 valence electrons. The molecule has 7 nitrogen and oxygen atoms in total. The summed E-state index contributed by atoms with van der Waals surface area (Å²) in [4.78, 5) is 12.3. The van der Waals surface area contributed by atoms with E-state index in [1.165, 1.54) is 6.07 Å². The lowest BCUT2D eigenvalue weighted by Crippen LogP contribution is -2.21. The van der Waals surface area contributed by atoms with E-state index in [0.29, 0.717) is 27.2 Å². The lowest BCUT2D eigenvalue weighted by atomic mass is 10.1. The first-order valence-electron chi connectivity index (χ1n) is 8.55. The van der Waals surface area contributed by atoms with Crippen LogP contribution in [-0.4, -0.2) is 24.1 Å². The molecule has 0 aliphatic carbocycles. The molecule has 1 heterocycles. The van der Waals surface area contributed by atoms with Gasteiger partial charge in [0.2, 0.25) is 15.9 Å². The number of halogens is 1. The van der Waals surface area contributed by atoms with Gasteiger partial charge in [-0.15, -0.1) is 0 Å². The number of nitrogens with one attached hydrogen (secondary N) is 1. The molecule has 0 atom stereocenters. The molecular formula is C19H21ClN4O3S. The lowest BCUT2D eigenvalue weighted by Gasteiger charge is -2.18. The van der Waals surface area contributed by atoms with E-state index >= 15 is 0 Å². The van der Waals surface area contributed by atoms with Crippen LogP contribution in [0.15, 0.2) is 47.5 Å². The summed E-state index contributed by atoms with van der Waals surface area (Å²) in [7, 11) is -4.01. The van der Waals surface area contributed by atoms with Crippen molar-refractivity contribution in [2.45, 2.75) is 37.6 Å². The number of hydrogen-bond acceptors (Lipinski definition) is 4. The van der Waals surface area contributed by atoms with Crippen molar-refractivity contribution in [3.05, 3.63) is 53.2 Å². The maximum absolute atomic E-state index is 12.4. The van der Waals surface area contributed by atoms with Crippen LogP contribution in [0.25, 0.3) is 10.9 Å². The first kappa shape index (κ1) is 20.3. The third-order valence-electron chi connectivity index (χ3n) is 4.17. The number of fused-ring (bicyclic) bond motifs is 1. The third-order valence-corrected chi connectivity index (χ3v) is 5.49. The number of hydrogen-bond donors (Lipinski definition) is 2. The molecule has 0 radical (unpaired) electrons. The van der Waals surface area contributed by atoms with Gasteiger partial charge in [-0.25, -0.2) is 13.6 Å². The van der Waals surface area contributed by atoms with Crippen LogP contribution in [0.2, 0.25) is 5.02 Å². The number of anilines is 1. The van der Waals surface area contributed by atoms with E-state index in [0.717, 1.165) is 0 Å². The van der Waals surface area contributed by atoms with E-state index in [2.05, 4.69) is 10.4 Å². The minimum atomic E-state index is -4.01. The standard InChI is InChI=1S/C19H21ClN4O3S/c1-19(2,3)24-11-14-16(23-24)9-13(10-17(14)28(21,26)27)22-18(25)8-12-6-4-5-7-15(12)20/h4-7,9-11H,8H2,1-3H3,(H,22,25)(H2,21,26,27). The number of aromatic nitrogens is 2. The number of primary sulfonamides is 1. The summed E-state index contributed by atoms with van der Waals surface area (Å²) in [5.74, 6) is -0.330. The van der Waals surface area contributed by atoms with Gasteiger partial charge in [-0.1, -0.05) is 29.8 Å². The molecule has 0 bridgehead atoms. The Hall–Kier alpha value is -2.42. The summed E-state index contributed by atoms with van der Waals surface area (Å²) in [6.07, 6.45) is 1.70. The molecule has 1 aromatic heterocycles. The van der Waals surface area contributed by atoms with E-state index < -0.39 is 10.0 Å². The van der Waals surface area contributed by atoms with Gasteiger partial charge >= 0.3 is 0 Å². The predicted octanol–water partition coefficient (Wildman–Crippen LogP) is 3.27. The van der Waals surface area contributed by atoms with Crippen molar-refractivity contribution >= 4 is 44.1 Å². The number of nitrogens with two attached hydrogens (primary N) is 1. The monoisotopic (exact) mass is 420 g/mol. The number of sulfonamides is 1. The average Bonchev–Trinajstić information content (AvgIpc) is 2.99. The van der Waals surface area contributed by atoms with Crippen molar-refractivity contribution in [3.8, 4) is 0 Å². The van der Waals surface area contributed by atoms with Gasteiger partial charge in [0.05, 0.1) is 22.4 Å². The second kappa shape index (κ2) is 7.20. The molecule has 3 N–H and O–H groups in total. The fourth-order valence-corrected chi connectivity index (χ4v) is 3.72. The lowest BCUT2D eigenvalue weighted by molar-refractivity contribution is -0.115. The maximum Gasteiger partial charge on any atom is 0.238 e. The molecular weight excluding hydrogens is 400 g/mol. The van der Waals surface area contributed by atoms with Crippen molar-refractivity contribution in [2.24, 2.45) is 5.14 Å². The van der Waals surface area contributed by atoms with Gasteiger partial charge in [0.1, 0.15) is 0 Å². The molecule has 3 rings (SSSR count). The van der Waals surface area contributed by atoms with Gasteiger partial charge in [0.25, 0.3) is 0 Å². The molecule has 28 heavy (non-hydrogen) atoms. The topological polar surface area (TPSA) is 107 Å². The zero-order valence-corrected chi connectivity index (χ0v) is 17.3. The summed E-state index contributed by atoms with van der Waals surface area (Å²) in [6, 6.07) is 9.99. The molecule has 1 amide bonds. The first-order valence-corrected chi connectivity index (χ1v) is 10.5. The average molecular weight is 421 g/mol. The van der Waals surface area contributed by atoms with Crippen LogP contribution in [0, 0.1) is 0 Å². The summed E-state index contributed by atoms with van der Waals surface area (Å²) in [5, 5.41) is 13.4. The summed E-state index contributed by atoms with van der Waals surface area (Å²) < 4.78 is 25.8. The number of rotatable bonds is 4. The van der Waals surface area contributed by atoms with Gasteiger partial charge in [-0.3, -0.25) is 9.48 Å². The third kappa shape index (κ3) is 4.35. The Morgan fingerprint density at radius 1 is 1.25 bits per heavy atom. The summed E-state index contributed by atoms with van der Waals surface area (Å²) >= 11 is 6.09. The molecule has 0 aliphatic heterocycles. The van der Waals surface area contributed by atoms with Gasteiger partial charge in [-0.2, -0.15) is 5.10 Å². The van der Waals surface area contributed by atoms with Crippen LogP contribution in [0.4, 0.5) is 5.69 Å². The highest BCUT2D eigenvalue weighted by Crippen LogP contribution is 2.28. The van der Waals surface area contributed by atoms with Crippen molar-refractivity contribution in [1.82, 2.24) is 9.78 Å². The van der Waals surface area contributed by atoms with Gasteiger partial charge in [-0.05, 0) is 44.5 Å². The Kier molecular flexibility index (Phi) is 5.22. The number of carbonyl (C=O) groups is 1. The van der Waals surface area contributed by atoms with E-state index in [-0.39, 0.29) is 22.8 Å². The first-order chi connectivity index (χ1) is 12.9. The van der Waals surface area contributed by atoms with E-state index in [4.69, 9.17) is 16.7 Å². The zero-order valence-electron chi connectivity index (χ0n) is 15.7. The van der Waals surface area contributed by atoms with E-state index in [1.807, 2.05) is 20.8 Å². The van der Waals surface area contributed by atoms with Crippen molar-refractivity contribution in [3.63, 3.8) is 0 Å². The SMILES string of the molecule is CC(C)(C)n1cc2c(S(N)(=O)=O)cc(NC(=O)Cc3ccccc3Cl)cc2n1. The minimum Gasteiger partial charge on any atom is -0.326 e. The largest absolute Gasteiger partial charge is 0.326 e. The normalized spacial score (nSPS) is 12.3. The molecule has 0 saturated carbocycles. The minimum absolute atomic E-state index is 0.0544. The molecule has 0 spiro atoms. The van der Waals surface area contributed by atoms with Crippen molar-refractivity contribution in [2.75, 3.05) is 5.32 Å². The van der Waals surface area contributed by atoms with E-state index in [9.17, 15) is 13.2 Å². The smallest absolute Gasteiger partial charge is 0.238 e. The number of amides is 1. The number of benzene rings is 2. The van der Waals surface area contributed by atoms with Crippen LogP contribution in [0.5, 0.6) is 0 Å². The van der Waals surface area contributed by atoms with Crippen LogP contribution >= 0.6 is 11.6 Å². The molecule has 0 unspecified atom stereocenters. The molecule has 0 aliphatic rings. The maximum atomic E-state index is 12.4. The highest BCUT2D eigenvalue weighted by molar-refractivity contribution is 7.89. The van der Waals surface area contributed by atoms with Gasteiger partial charge < -0.3 is 5.32 Å². The highest BCUT2D eigenvalue weighted by Gasteiger charge is 2.21. The Morgan fingerprint density at radius 3 is 2.54 bits per heavy atom. The van der Waals surface area contributed by atoms with Crippen molar-refractivity contribution in [1.29, 1.82) is 0 Å². The summed E-state index contributed by atoms with van der Waals surface area (Å²) in [6.45, 7) is 5.84. The Bertz CT molecular complexity index is 1160. The van der Waals surface area contributed by atoms with Crippen LogP contribution in [0.1, 0.15) is 26.3 Å². The van der Waals surface area contributed by atoms with Gasteiger partial charge in [0.15, 0.2) is 0 Å². The highest BCUT2D eigenvalue weighted by atomic mass is 35.5. The van der Waals surface area contributed by atoms with Crippen LogP contribution in [-0.2, 0) is 26.8 Å². The Labute approximate surface area is 168 Å². The Morgan fingerprint density at radius 2 is 1.93 bits per heavy atom. The molecule has 0 saturated heterocycles. The molecule has 2 aromatic carbocycles. The second-order valence-corrected chi connectivity index (χ2v) is 9.45. The molecule has 9 heteroatoms. The van der Waals surface area contributed by atoms with Crippen molar-refractivity contribution < 1.29 is 13.2 Å². The molecule has 3 aromatic rings.